The first-order valence-electron chi connectivity index (χ1n) is 9.94. The molecule has 2 aromatic carbocycles. The Labute approximate surface area is 207 Å². The lowest BCUT2D eigenvalue weighted by atomic mass is 10.1. The first-order chi connectivity index (χ1) is 17.2. The summed E-state index contributed by atoms with van der Waals surface area (Å²) in [5, 5.41) is 18.4. The maximum atomic E-state index is 11.4. The summed E-state index contributed by atoms with van der Waals surface area (Å²) in [6, 6.07) is 1.32. The molecule has 0 heterocycles. The van der Waals surface area contributed by atoms with E-state index in [1.54, 1.807) is 0 Å². The van der Waals surface area contributed by atoms with Gasteiger partial charge in [0.1, 0.15) is 5.56 Å². The zero-order valence-electron chi connectivity index (χ0n) is 21.5. The van der Waals surface area contributed by atoms with Crippen LogP contribution in [0.1, 0.15) is 20.7 Å². The van der Waals surface area contributed by atoms with Crippen molar-refractivity contribution in [1.29, 1.82) is 0 Å². The van der Waals surface area contributed by atoms with Crippen LogP contribution >= 0.6 is 0 Å². The van der Waals surface area contributed by atoms with Gasteiger partial charge in [0, 0.05) is 6.07 Å². The maximum Gasteiger partial charge on any atom is 0.343 e. The van der Waals surface area contributed by atoms with Gasteiger partial charge in [0.2, 0.25) is 28.7 Å². The second-order valence-electron chi connectivity index (χ2n) is 6.38. The number of hydrogen-bond acceptors (Lipinski definition) is 11. The predicted molar refractivity (Wildman–Crippen MR) is 126 cm³/mol. The number of aromatic carboxylic acids is 2. The first-order valence-corrected chi connectivity index (χ1v) is 9.94. The molecule has 200 valence electrons. The van der Waals surface area contributed by atoms with E-state index in [2.05, 4.69) is 0 Å². The van der Waals surface area contributed by atoms with Crippen molar-refractivity contribution in [2.75, 3.05) is 64.0 Å². The van der Waals surface area contributed by atoms with Crippen LogP contribution in [0.4, 0.5) is 0 Å². The van der Waals surface area contributed by atoms with Crippen LogP contribution in [-0.2, 0) is 0 Å². The Hall–Kier alpha value is -4.42. The van der Waals surface area contributed by atoms with Gasteiger partial charge in [-0.1, -0.05) is 0 Å². The standard InChI is InChI=1S/C12H16O7.C11H14O6/c1-15-7-6(12(13)14)8(16-2)10(18-4)11(19-5)9(7)17-3;1-14-7-5-6(11(12)13)8(15-2)10(17-4)9(7)16-3/h1-5H3,(H,13,14);5H,1-4H3,(H,12,13). The third kappa shape index (κ3) is 5.62. The summed E-state index contributed by atoms with van der Waals surface area (Å²) in [6.07, 6.45) is 0. The molecular formula is C23H30O13. The van der Waals surface area contributed by atoms with E-state index in [0.29, 0.717) is 0 Å². The van der Waals surface area contributed by atoms with Crippen molar-refractivity contribution in [3.8, 4) is 51.7 Å². The zero-order valence-corrected chi connectivity index (χ0v) is 21.5. The van der Waals surface area contributed by atoms with Gasteiger partial charge in [-0.25, -0.2) is 9.59 Å². The lowest BCUT2D eigenvalue weighted by molar-refractivity contribution is 0.0678. The highest BCUT2D eigenvalue weighted by Crippen LogP contribution is 2.53. The molecule has 13 heteroatoms. The smallest absolute Gasteiger partial charge is 0.343 e. The van der Waals surface area contributed by atoms with Crippen molar-refractivity contribution >= 4 is 11.9 Å². The summed E-state index contributed by atoms with van der Waals surface area (Å²) >= 11 is 0. The highest BCUT2D eigenvalue weighted by atomic mass is 16.6. The minimum atomic E-state index is -1.23. The Morgan fingerprint density at radius 3 is 1.08 bits per heavy atom. The van der Waals surface area contributed by atoms with Crippen molar-refractivity contribution < 1.29 is 62.4 Å². The summed E-state index contributed by atoms with van der Waals surface area (Å²) in [5.41, 5.74) is -0.249. The van der Waals surface area contributed by atoms with Gasteiger partial charge in [0.15, 0.2) is 28.6 Å². The van der Waals surface area contributed by atoms with E-state index in [1.807, 2.05) is 0 Å². The normalized spacial score (nSPS) is 9.69. The Balaban J connectivity index is 0.000000362. The van der Waals surface area contributed by atoms with Crippen molar-refractivity contribution in [3.05, 3.63) is 17.2 Å². The highest BCUT2D eigenvalue weighted by Gasteiger charge is 2.32. The van der Waals surface area contributed by atoms with Crippen LogP contribution in [0.3, 0.4) is 0 Å². The van der Waals surface area contributed by atoms with E-state index in [0.717, 1.165) is 0 Å². The number of hydrogen-bond donors (Lipinski definition) is 2. The van der Waals surface area contributed by atoms with Gasteiger partial charge in [0.25, 0.3) is 0 Å². The zero-order chi connectivity index (χ0) is 27.6. The molecule has 0 bridgehead atoms. The molecular weight excluding hydrogens is 484 g/mol. The summed E-state index contributed by atoms with van der Waals surface area (Å²) in [4.78, 5) is 22.5. The van der Waals surface area contributed by atoms with Crippen LogP contribution in [-0.4, -0.2) is 86.1 Å². The molecule has 36 heavy (non-hydrogen) atoms. The molecule has 0 radical (unpaired) electrons. The van der Waals surface area contributed by atoms with E-state index in [-0.39, 0.29) is 62.9 Å². The molecule has 2 rings (SSSR count). The van der Waals surface area contributed by atoms with Crippen molar-refractivity contribution in [2.45, 2.75) is 0 Å². The topological polar surface area (TPSA) is 158 Å². The number of carbonyl (C=O) groups is 2. The molecule has 0 amide bonds. The van der Waals surface area contributed by atoms with Gasteiger partial charge in [-0.05, 0) is 0 Å². The third-order valence-corrected chi connectivity index (χ3v) is 4.73. The average Bonchev–Trinajstić information content (AvgIpc) is 2.89. The molecule has 0 spiro atoms. The summed E-state index contributed by atoms with van der Waals surface area (Å²) < 4.78 is 45.9. The molecule has 0 aliphatic heterocycles. The minimum absolute atomic E-state index is 0.00417. The number of methoxy groups -OCH3 is 9. The van der Waals surface area contributed by atoms with Crippen LogP contribution in [0.25, 0.3) is 0 Å². The largest absolute Gasteiger partial charge is 0.493 e. The fourth-order valence-corrected chi connectivity index (χ4v) is 3.27. The molecule has 2 aromatic rings. The second-order valence-corrected chi connectivity index (χ2v) is 6.38. The molecule has 13 nitrogen and oxygen atoms in total. The SMILES string of the molecule is COc1c(OC)c(OC)c(C(=O)O)c(OC)c1OC.COc1cc(C(=O)O)c(OC)c(OC)c1OC. The fourth-order valence-electron chi connectivity index (χ4n) is 3.27. The third-order valence-electron chi connectivity index (χ3n) is 4.73. The quantitative estimate of drug-likeness (QED) is 0.451. The Kier molecular flexibility index (Phi) is 11.1. The number of benzene rings is 2. The van der Waals surface area contributed by atoms with Crippen LogP contribution in [0, 0.1) is 0 Å². The molecule has 0 aliphatic carbocycles. The number of carboxylic acid groups (broad SMARTS) is 2. The molecule has 0 saturated carbocycles. The van der Waals surface area contributed by atoms with Gasteiger partial charge in [-0.15, -0.1) is 0 Å². The van der Waals surface area contributed by atoms with Gasteiger partial charge in [0.05, 0.1) is 64.0 Å². The van der Waals surface area contributed by atoms with E-state index < -0.39 is 11.9 Å². The predicted octanol–water partition coefficient (Wildman–Crippen LogP) is 2.85. The number of carboxylic acids is 2. The number of rotatable bonds is 11. The first kappa shape index (κ1) is 29.6. The summed E-state index contributed by atoms with van der Waals surface area (Å²) in [6.45, 7) is 0. The summed E-state index contributed by atoms with van der Waals surface area (Å²) in [7, 11) is 12.4. The Morgan fingerprint density at radius 2 is 0.806 bits per heavy atom. The molecule has 0 aliphatic rings. The lowest BCUT2D eigenvalue weighted by Crippen LogP contribution is -2.08. The Morgan fingerprint density at radius 1 is 0.472 bits per heavy atom. The van der Waals surface area contributed by atoms with E-state index in [4.69, 9.17) is 47.7 Å². The van der Waals surface area contributed by atoms with Crippen LogP contribution in [0.5, 0.6) is 51.7 Å². The van der Waals surface area contributed by atoms with E-state index >= 15 is 0 Å². The molecule has 0 fully saturated rings. The monoisotopic (exact) mass is 514 g/mol. The van der Waals surface area contributed by atoms with E-state index in [9.17, 15) is 14.7 Å². The average molecular weight is 514 g/mol. The fraction of sp³-hybridized carbons (Fsp3) is 0.391. The van der Waals surface area contributed by atoms with E-state index in [1.165, 1.54) is 70.1 Å². The lowest BCUT2D eigenvalue weighted by Gasteiger charge is -2.20. The number of ether oxygens (including phenoxy) is 9. The van der Waals surface area contributed by atoms with Gasteiger partial charge >= 0.3 is 11.9 Å². The molecule has 0 saturated heterocycles. The Bertz CT molecular complexity index is 1050. The van der Waals surface area contributed by atoms with Gasteiger partial charge < -0.3 is 52.8 Å². The van der Waals surface area contributed by atoms with Crippen LogP contribution in [0.2, 0.25) is 0 Å². The molecule has 0 aromatic heterocycles. The van der Waals surface area contributed by atoms with Crippen molar-refractivity contribution in [2.24, 2.45) is 0 Å². The van der Waals surface area contributed by atoms with Gasteiger partial charge in [-0.2, -0.15) is 0 Å². The van der Waals surface area contributed by atoms with Crippen LogP contribution < -0.4 is 42.6 Å². The van der Waals surface area contributed by atoms with Gasteiger partial charge in [-0.3, -0.25) is 0 Å². The molecule has 2 N–H and O–H groups in total. The highest BCUT2D eigenvalue weighted by molar-refractivity contribution is 5.98. The maximum absolute atomic E-state index is 11.4. The van der Waals surface area contributed by atoms with Crippen molar-refractivity contribution in [1.82, 2.24) is 0 Å². The van der Waals surface area contributed by atoms with Crippen molar-refractivity contribution in [3.63, 3.8) is 0 Å². The minimum Gasteiger partial charge on any atom is -0.493 e. The second kappa shape index (κ2) is 13.5. The summed E-state index contributed by atoms with van der Waals surface area (Å²) in [5.74, 6) is -1.07. The van der Waals surface area contributed by atoms with Crippen LogP contribution in [0.15, 0.2) is 6.07 Å². The molecule has 0 atom stereocenters. The molecule has 0 unspecified atom stereocenters.